The predicted octanol–water partition coefficient (Wildman–Crippen LogP) is 3.55. The number of aromatic nitrogens is 2. The largest absolute Gasteiger partial charge is 0.497 e. The second kappa shape index (κ2) is 5.78. The zero-order chi connectivity index (χ0) is 13.0. The van der Waals surface area contributed by atoms with Crippen LogP contribution in [0.1, 0.15) is 6.92 Å². The maximum atomic E-state index is 5.24. The summed E-state index contributed by atoms with van der Waals surface area (Å²) in [5.74, 6) is 1.72. The van der Waals surface area contributed by atoms with Crippen LogP contribution in [0, 0.1) is 0 Å². The first-order valence-corrected chi connectivity index (χ1v) is 6.64. The lowest BCUT2D eigenvalue weighted by molar-refractivity contribution is 0.414. The molecule has 1 heterocycles. The summed E-state index contributed by atoms with van der Waals surface area (Å²) in [5, 5.41) is 0.964. The van der Waals surface area contributed by atoms with E-state index in [-0.39, 0.29) is 0 Å². The van der Waals surface area contributed by atoms with Crippen molar-refractivity contribution in [2.75, 3.05) is 12.9 Å². The van der Waals surface area contributed by atoms with Crippen LogP contribution in [-0.4, -0.2) is 22.4 Å². The molecule has 0 unspecified atom stereocenters. The van der Waals surface area contributed by atoms with Crippen LogP contribution in [0.15, 0.2) is 54.0 Å². The summed E-state index contributed by atoms with van der Waals surface area (Å²) >= 11 is 1.68. The van der Waals surface area contributed by atoms with Gasteiger partial charge >= 0.3 is 0 Å². The van der Waals surface area contributed by atoms with Gasteiger partial charge in [0.1, 0.15) is 5.75 Å². The topological polar surface area (TPSA) is 27.1 Å². The van der Waals surface area contributed by atoms with Gasteiger partial charge in [-0.15, -0.1) is 0 Å². The maximum absolute atomic E-state index is 5.24. The van der Waals surface area contributed by atoms with Gasteiger partial charge in [-0.1, -0.05) is 30.0 Å². The molecule has 2 rings (SSSR count). The van der Waals surface area contributed by atoms with Crippen LogP contribution in [0.25, 0.3) is 5.69 Å². The Bertz CT molecular complexity index is 548. The monoisotopic (exact) mass is 260 g/mol. The average Bonchev–Trinajstić information content (AvgIpc) is 2.84. The van der Waals surface area contributed by atoms with Crippen molar-refractivity contribution in [3.63, 3.8) is 0 Å². The van der Waals surface area contributed by atoms with Gasteiger partial charge in [-0.25, -0.2) is 4.98 Å². The molecule has 4 heteroatoms. The third kappa shape index (κ3) is 2.96. The number of ether oxygens (including phenoxy) is 1. The number of hydrogen-bond acceptors (Lipinski definition) is 3. The lowest BCUT2D eigenvalue weighted by Crippen LogP contribution is -1.96. The summed E-state index contributed by atoms with van der Waals surface area (Å²) in [7, 11) is 1.67. The molecule has 2 aromatic rings. The summed E-state index contributed by atoms with van der Waals surface area (Å²) in [6.45, 7) is 5.93. The highest BCUT2D eigenvalue weighted by Crippen LogP contribution is 2.23. The van der Waals surface area contributed by atoms with E-state index < -0.39 is 0 Å². The fraction of sp³-hybridized carbons (Fsp3) is 0.214. The van der Waals surface area contributed by atoms with Crippen molar-refractivity contribution in [3.05, 3.63) is 48.8 Å². The minimum absolute atomic E-state index is 0.844. The van der Waals surface area contributed by atoms with Gasteiger partial charge < -0.3 is 4.74 Å². The highest BCUT2D eigenvalue weighted by molar-refractivity contribution is 7.99. The molecule has 0 radical (unpaired) electrons. The standard InChI is InChI=1S/C14H16N2OS/c1-11(2)10-18-14-15-7-8-16(14)12-5-4-6-13(9-12)17-3/h4-9H,1,10H2,2-3H3. The van der Waals surface area contributed by atoms with E-state index in [1.807, 2.05) is 37.4 Å². The van der Waals surface area contributed by atoms with Crippen molar-refractivity contribution >= 4 is 11.8 Å². The molecule has 0 amide bonds. The molecule has 0 aliphatic heterocycles. The zero-order valence-electron chi connectivity index (χ0n) is 10.6. The number of methoxy groups -OCH3 is 1. The Morgan fingerprint density at radius 2 is 2.33 bits per heavy atom. The molecule has 0 fully saturated rings. The van der Waals surface area contributed by atoms with Crippen LogP contribution in [0.4, 0.5) is 0 Å². The predicted molar refractivity (Wildman–Crippen MR) is 75.7 cm³/mol. The van der Waals surface area contributed by atoms with Crippen LogP contribution < -0.4 is 4.74 Å². The quantitative estimate of drug-likeness (QED) is 0.607. The highest BCUT2D eigenvalue weighted by atomic mass is 32.2. The Kier molecular flexibility index (Phi) is 4.10. The summed E-state index contributed by atoms with van der Waals surface area (Å²) in [6, 6.07) is 7.93. The van der Waals surface area contributed by atoms with E-state index in [1.165, 1.54) is 0 Å². The Hall–Kier alpha value is -1.68. The number of imidazole rings is 1. The van der Waals surface area contributed by atoms with Crippen molar-refractivity contribution in [1.29, 1.82) is 0 Å². The van der Waals surface area contributed by atoms with Crippen LogP contribution >= 0.6 is 11.8 Å². The Balaban J connectivity index is 2.27. The van der Waals surface area contributed by atoms with E-state index in [1.54, 1.807) is 25.1 Å². The summed E-state index contributed by atoms with van der Waals surface area (Å²) < 4.78 is 7.29. The van der Waals surface area contributed by atoms with Gasteiger partial charge in [-0.05, 0) is 19.1 Å². The van der Waals surface area contributed by atoms with E-state index in [4.69, 9.17) is 4.74 Å². The molecule has 0 saturated heterocycles. The Morgan fingerprint density at radius 3 is 3.06 bits per heavy atom. The Labute approximate surface area is 111 Å². The van der Waals surface area contributed by atoms with Crippen molar-refractivity contribution in [2.45, 2.75) is 12.1 Å². The molecular formula is C14H16N2OS. The van der Waals surface area contributed by atoms with Crippen molar-refractivity contribution < 1.29 is 4.74 Å². The van der Waals surface area contributed by atoms with Gasteiger partial charge in [0.2, 0.25) is 0 Å². The molecule has 18 heavy (non-hydrogen) atoms. The van der Waals surface area contributed by atoms with Crippen LogP contribution in [0.3, 0.4) is 0 Å². The lowest BCUT2D eigenvalue weighted by Gasteiger charge is -2.08. The van der Waals surface area contributed by atoms with E-state index in [0.717, 1.165) is 27.9 Å². The highest BCUT2D eigenvalue weighted by Gasteiger charge is 2.06. The second-order valence-corrected chi connectivity index (χ2v) is 4.97. The number of benzene rings is 1. The van der Waals surface area contributed by atoms with Gasteiger partial charge in [0.05, 0.1) is 12.8 Å². The molecule has 0 atom stereocenters. The summed E-state index contributed by atoms with van der Waals surface area (Å²) in [6.07, 6.45) is 3.76. The van der Waals surface area contributed by atoms with E-state index in [2.05, 4.69) is 16.1 Å². The fourth-order valence-electron chi connectivity index (χ4n) is 1.54. The maximum Gasteiger partial charge on any atom is 0.172 e. The lowest BCUT2D eigenvalue weighted by atomic mass is 10.3. The van der Waals surface area contributed by atoms with Gasteiger partial charge in [0.15, 0.2) is 5.16 Å². The van der Waals surface area contributed by atoms with Crippen molar-refractivity contribution in [2.24, 2.45) is 0 Å². The third-order valence-corrected chi connectivity index (χ3v) is 3.58. The van der Waals surface area contributed by atoms with Crippen molar-refractivity contribution in [1.82, 2.24) is 9.55 Å². The molecule has 3 nitrogen and oxygen atoms in total. The number of thioether (sulfide) groups is 1. The molecule has 0 aliphatic carbocycles. The van der Waals surface area contributed by atoms with E-state index in [9.17, 15) is 0 Å². The van der Waals surface area contributed by atoms with Crippen LogP contribution in [0.2, 0.25) is 0 Å². The first-order chi connectivity index (χ1) is 8.70. The third-order valence-electron chi connectivity index (χ3n) is 2.39. The van der Waals surface area contributed by atoms with E-state index >= 15 is 0 Å². The first-order valence-electron chi connectivity index (χ1n) is 5.65. The number of hydrogen-bond donors (Lipinski definition) is 0. The molecule has 1 aromatic carbocycles. The van der Waals surface area contributed by atoms with Gasteiger partial charge in [-0.3, -0.25) is 4.57 Å². The molecule has 0 bridgehead atoms. The first kappa shape index (κ1) is 12.8. The second-order valence-electron chi connectivity index (χ2n) is 4.03. The minimum Gasteiger partial charge on any atom is -0.497 e. The van der Waals surface area contributed by atoms with Gasteiger partial charge in [-0.2, -0.15) is 0 Å². The molecule has 0 aliphatic rings. The molecule has 1 aromatic heterocycles. The zero-order valence-corrected chi connectivity index (χ0v) is 11.4. The number of nitrogens with zero attached hydrogens (tertiary/aromatic N) is 2. The fourth-order valence-corrected chi connectivity index (χ4v) is 2.36. The van der Waals surface area contributed by atoms with Gasteiger partial charge in [0.25, 0.3) is 0 Å². The normalized spacial score (nSPS) is 10.3. The molecule has 94 valence electrons. The van der Waals surface area contributed by atoms with Crippen LogP contribution in [0.5, 0.6) is 5.75 Å². The summed E-state index contributed by atoms with van der Waals surface area (Å²) in [4.78, 5) is 4.36. The molecular weight excluding hydrogens is 244 g/mol. The van der Waals surface area contributed by atoms with Crippen LogP contribution in [-0.2, 0) is 0 Å². The smallest absolute Gasteiger partial charge is 0.172 e. The number of rotatable bonds is 5. The SMILES string of the molecule is C=C(C)CSc1nccn1-c1cccc(OC)c1. The average molecular weight is 260 g/mol. The minimum atomic E-state index is 0.844. The molecule has 0 N–H and O–H groups in total. The van der Waals surface area contributed by atoms with E-state index in [0.29, 0.717) is 0 Å². The summed E-state index contributed by atoms with van der Waals surface area (Å²) in [5.41, 5.74) is 2.19. The molecule has 0 saturated carbocycles. The Morgan fingerprint density at radius 1 is 1.50 bits per heavy atom. The van der Waals surface area contributed by atoms with Gasteiger partial charge in [0, 0.05) is 24.2 Å². The van der Waals surface area contributed by atoms with Crippen molar-refractivity contribution in [3.8, 4) is 11.4 Å². The molecule has 0 spiro atoms.